The molecular formula is C29H29N3O4. The molecule has 0 spiro atoms. The molecule has 0 bridgehead atoms. The normalized spacial score (nSPS) is 21.6. The molecule has 1 fully saturated rings. The van der Waals surface area contributed by atoms with Gasteiger partial charge in [-0.05, 0) is 55.7 Å². The number of fused-ring (bicyclic) bond motifs is 1. The molecule has 7 heteroatoms. The average molecular weight is 484 g/mol. The zero-order valence-corrected chi connectivity index (χ0v) is 20.3. The minimum absolute atomic E-state index is 0.208. The van der Waals surface area contributed by atoms with Gasteiger partial charge in [0, 0.05) is 42.0 Å². The molecule has 1 saturated heterocycles. The van der Waals surface area contributed by atoms with Gasteiger partial charge < -0.3 is 20.3 Å². The first-order valence-corrected chi connectivity index (χ1v) is 12.3. The van der Waals surface area contributed by atoms with Gasteiger partial charge in [-0.15, -0.1) is 0 Å². The van der Waals surface area contributed by atoms with Crippen LogP contribution in [0.15, 0.2) is 72.8 Å². The highest BCUT2D eigenvalue weighted by molar-refractivity contribution is 6.32. The van der Waals surface area contributed by atoms with Crippen molar-refractivity contribution in [3.63, 3.8) is 0 Å². The van der Waals surface area contributed by atoms with Crippen LogP contribution in [0.4, 0.5) is 11.4 Å². The molecule has 36 heavy (non-hydrogen) atoms. The average Bonchev–Trinajstić information content (AvgIpc) is 3.42. The van der Waals surface area contributed by atoms with Crippen LogP contribution in [-0.2, 0) is 20.9 Å². The van der Waals surface area contributed by atoms with E-state index in [-0.39, 0.29) is 11.8 Å². The molecular weight excluding hydrogens is 454 g/mol. The number of ether oxygens (including phenoxy) is 1. The third-order valence-electron chi connectivity index (χ3n) is 6.69. The Morgan fingerprint density at radius 2 is 2.00 bits per heavy atom. The van der Waals surface area contributed by atoms with E-state index in [4.69, 9.17) is 4.74 Å². The molecule has 0 saturated carbocycles. The molecule has 3 aliphatic rings. The van der Waals surface area contributed by atoms with Gasteiger partial charge in [0.1, 0.15) is 0 Å². The molecule has 0 radical (unpaired) electrons. The van der Waals surface area contributed by atoms with Gasteiger partial charge >= 0.3 is 5.97 Å². The monoisotopic (exact) mass is 483 g/mol. The van der Waals surface area contributed by atoms with Gasteiger partial charge in [-0.3, -0.25) is 9.59 Å². The fraction of sp³-hybridized carbons (Fsp3) is 0.276. The summed E-state index contributed by atoms with van der Waals surface area (Å²) in [5.41, 5.74) is 3.71. The van der Waals surface area contributed by atoms with Crippen molar-refractivity contribution in [3.8, 4) is 0 Å². The summed E-state index contributed by atoms with van der Waals surface area (Å²) in [5, 5.41) is 6.48. The van der Waals surface area contributed by atoms with Crippen LogP contribution in [0.5, 0.6) is 0 Å². The molecule has 2 heterocycles. The Morgan fingerprint density at radius 3 is 2.69 bits per heavy atom. The number of anilines is 2. The zero-order chi connectivity index (χ0) is 25.1. The molecule has 2 aromatic carbocycles. The molecule has 184 valence electrons. The zero-order valence-electron chi connectivity index (χ0n) is 20.3. The lowest BCUT2D eigenvalue weighted by atomic mass is 9.87. The van der Waals surface area contributed by atoms with Gasteiger partial charge in [0.15, 0.2) is 0 Å². The smallest absolute Gasteiger partial charge is 0.338 e. The van der Waals surface area contributed by atoms with Crippen molar-refractivity contribution in [3.05, 3.63) is 89.5 Å². The van der Waals surface area contributed by atoms with E-state index in [1.165, 1.54) is 0 Å². The maximum Gasteiger partial charge on any atom is 0.338 e. The van der Waals surface area contributed by atoms with Crippen molar-refractivity contribution in [2.24, 2.45) is 0 Å². The number of nitrogens with zero attached hydrogens (tertiary/aromatic N) is 1. The van der Waals surface area contributed by atoms with Gasteiger partial charge in [0.05, 0.1) is 17.7 Å². The topological polar surface area (TPSA) is 87.7 Å². The summed E-state index contributed by atoms with van der Waals surface area (Å²) in [4.78, 5) is 38.9. The Labute approximate surface area is 210 Å². The number of allylic oxidation sites excluding steroid dienone is 2. The fourth-order valence-corrected chi connectivity index (χ4v) is 4.86. The summed E-state index contributed by atoms with van der Waals surface area (Å²) in [6.45, 7) is 3.49. The van der Waals surface area contributed by atoms with Crippen molar-refractivity contribution in [2.45, 2.75) is 38.3 Å². The van der Waals surface area contributed by atoms with E-state index in [1.807, 2.05) is 47.4 Å². The third-order valence-corrected chi connectivity index (χ3v) is 6.69. The van der Waals surface area contributed by atoms with E-state index in [0.29, 0.717) is 42.8 Å². The van der Waals surface area contributed by atoms with Crippen LogP contribution in [0.25, 0.3) is 5.57 Å². The minimum Gasteiger partial charge on any atom is -0.462 e. The van der Waals surface area contributed by atoms with Crippen molar-refractivity contribution in [1.29, 1.82) is 0 Å². The first kappa shape index (κ1) is 23.6. The number of nitrogens with one attached hydrogen (secondary N) is 2. The first-order chi connectivity index (χ1) is 17.5. The van der Waals surface area contributed by atoms with Crippen molar-refractivity contribution in [1.82, 2.24) is 4.90 Å². The standard InChI is InChI=1S/C29H29N3O4/c1-2-36-28(35)21-10-13-23-24(27(34)30-25(23)17-21)18-29(14-4-3-5-15-29)31-22-11-8-20(9-12-22)19-32-16-6-7-26(32)33/h3-5,8-14,17-18,31H,2,6-7,15-16,19H2,1H3,(H,30,34)/b24-18-. The Bertz CT molecular complexity index is 1290. The van der Waals surface area contributed by atoms with Crippen LogP contribution in [0, 0.1) is 0 Å². The summed E-state index contributed by atoms with van der Waals surface area (Å²) in [6, 6.07) is 13.2. The lowest BCUT2D eigenvalue weighted by molar-refractivity contribution is -0.128. The number of hydrogen-bond acceptors (Lipinski definition) is 5. The highest BCUT2D eigenvalue weighted by Gasteiger charge is 2.32. The third kappa shape index (κ3) is 4.82. The quantitative estimate of drug-likeness (QED) is 0.441. The fourth-order valence-electron chi connectivity index (χ4n) is 4.86. The number of esters is 1. The van der Waals surface area contributed by atoms with Gasteiger partial charge in [-0.2, -0.15) is 0 Å². The molecule has 1 atom stereocenters. The van der Waals surface area contributed by atoms with E-state index >= 15 is 0 Å². The van der Waals surface area contributed by atoms with Crippen LogP contribution in [0.2, 0.25) is 0 Å². The Hall–Kier alpha value is -4.13. The maximum absolute atomic E-state index is 12.9. The number of carbonyl (C=O) groups is 3. The van der Waals surface area contributed by atoms with Crippen LogP contribution in [0.3, 0.4) is 0 Å². The second-order valence-corrected chi connectivity index (χ2v) is 9.27. The van der Waals surface area contributed by atoms with E-state index < -0.39 is 11.5 Å². The summed E-state index contributed by atoms with van der Waals surface area (Å²) in [6.07, 6.45) is 12.3. The van der Waals surface area contributed by atoms with Crippen molar-refractivity contribution >= 4 is 34.7 Å². The number of benzene rings is 2. The second-order valence-electron chi connectivity index (χ2n) is 9.27. The van der Waals surface area contributed by atoms with E-state index in [1.54, 1.807) is 25.1 Å². The van der Waals surface area contributed by atoms with Crippen LogP contribution in [-0.4, -0.2) is 41.4 Å². The number of rotatable bonds is 7. The summed E-state index contributed by atoms with van der Waals surface area (Å²) >= 11 is 0. The van der Waals surface area contributed by atoms with E-state index in [9.17, 15) is 14.4 Å². The highest BCUT2D eigenvalue weighted by atomic mass is 16.5. The second kappa shape index (κ2) is 9.85. The lowest BCUT2D eigenvalue weighted by Gasteiger charge is -2.31. The summed E-state index contributed by atoms with van der Waals surface area (Å²) in [7, 11) is 0. The first-order valence-electron chi connectivity index (χ1n) is 12.3. The number of hydrogen-bond donors (Lipinski definition) is 2. The minimum atomic E-state index is -0.602. The SMILES string of the molecule is CCOC(=O)c1ccc2c(c1)NC(=O)/C2=C\C1(Nc2ccc(CN3CCCC3=O)cc2)C=CC=CC1. The van der Waals surface area contributed by atoms with Crippen molar-refractivity contribution < 1.29 is 19.1 Å². The molecule has 1 aliphatic carbocycles. The molecule has 0 aromatic heterocycles. The largest absolute Gasteiger partial charge is 0.462 e. The molecule has 1 unspecified atom stereocenters. The van der Waals surface area contributed by atoms with Crippen molar-refractivity contribution in [2.75, 3.05) is 23.8 Å². The molecule has 2 aliphatic heterocycles. The summed E-state index contributed by atoms with van der Waals surface area (Å²) < 4.78 is 5.08. The predicted octanol–water partition coefficient (Wildman–Crippen LogP) is 4.69. The van der Waals surface area contributed by atoms with E-state index in [0.717, 1.165) is 29.8 Å². The number of likely N-dealkylation sites (tertiary alicyclic amines) is 1. The summed E-state index contributed by atoms with van der Waals surface area (Å²) in [5.74, 6) is -0.407. The molecule has 2 amide bonds. The highest BCUT2D eigenvalue weighted by Crippen LogP contribution is 2.36. The Kier molecular flexibility index (Phi) is 6.46. The van der Waals surface area contributed by atoms with Gasteiger partial charge in [-0.1, -0.05) is 42.5 Å². The number of carbonyl (C=O) groups excluding carboxylic acids is 3. The Balaban J connectivity index is 1.39. The van der Waals surface area contributed by atoms with Crippen LogP contribution < -0.4 is 10.6 Å². The van der Waals surface area contributed by atoms with Gasteiger partial charge in [0.2, 0.25) is 5.91 Å². The molecule has 7 nitrogen and oxygen atoms in total. The Morgan fingerprint density at radius 1 is 1.17 bits per heavy atom. The van der Waals surface area contributed by atoms with Crippen LogP contribution >= 0.6 is 0 Å². The maximum atomic E-state index is 12.9. The van der Waals surface area contributed by atoms with E-state index in [2.05, 4.69) is 22.8 Å². The predicted molar refractivity (Wildman–Crippen MR) is 139 cm³/mol. The lowest BCUT2D eigenvalue weighted by Crippen LogP contribution is -2.35. The molecule has 5 rings (SSSR count). The van der Waals surface area contributed by atoms with Gasteiger partial charge in [0.25, 0.3) is 5.91 Å². The molecule has 2 N–H and O–H groups in total. The molecule has 2 aromatic rings. The number of amides is 2. The van der Waals surface area contributed by atoms with Crippen LogP contribution in [0.1, 0.15) is 47.7 Å². The van der Waals surface area contributed by atoms with Gasteiger partial charge in [-0.25, -0.2) is 4.79 Å².